The van der Waals surface area contributed by atoms with Crippen molar-refractivity contribution in [1.29, 1.82) is 0 Å². The maximum Gasteiger partial charge on any atom is 0.271 e. The van der Waals surface area contributed by atoms with E-state index in [-0.39, 0.29) is 28.2 Å². The van der Waals surface area contributed by atoms with Crippen LogP contribution in [-0.4, -0.2) is 22.3 Å². The van der Waals surface area contributed by atoms with Crippen molar-refractivity contribution in [3.05, 3.63) is 58.7 Å². The molecule has 0 atom stereocenters. The van der Waals surface area contributed by atoms with E-state index < -0.39 is 0 Å². The quantitative estimate of drug-likeness (QED) is 0.553. The highest BCUT2D eigenvalue weighted by Gasteiger charge is 2.27. The van der Waals surface area contributed by atoms with Crippen LogP contribution in [0.2, 0.25) is 0 Å². The van der Waals surface area contributed by atoms with E-state index in [1.807, 2.05) is 41.5 Å². The van der Waals surface area contributed by atoms with E-state index in [9.17, 15) is 15.0 Å². The third-order valence-corrected chi connectivity index (χ3v) is 4.26. The molecular weight excluding hydrogens is 340 g/mol. The minimum atomic E-state index is -0.346. The van der Waals surface area contributed by atoms with Gasteiger partial charge in [-0.2, -0.15) is 5.10 Å². The molecule has 3 N–H and O–H groups in total. The molecule has 0 heterocycles. The maximum absolute atomic E-state index is 12.6. The van der Waals surface area contributed by atoms with Gasteiger partial charge in [-0.15, -0.1) is 0 Å². The van der Waals surface area contributed by atoms with Crippen LogP contribution < -0.4 is 5.43 Å². The van der Waals surface area contributed by atoms with E-state index in [0.717, 1.165) is 16.7 Å². The Balaban J connectivity index is 2.33. The average Bonchev–Trinajstić information content (AvgIpc) is 2.54. The molecule has 2 aromatic rings. The number of hydrazone groups is 1. The first-order valence-corrected chi connectivity index (χ1v) is 8.90. The summed E-state index contributed by atoms with van der Waals surface area (Å²) in [6, 6.07) is 9.93. The molecule has 0 saturated carbocycles. The van der Waals surface area contributed by atoms with Gasteiger partial charge < -0.3 is 10.2 Å². The van der Waals surface area contributed by atoms with E-state index >= 15 is 0 Å². The highest BCUT2D eigenvalue weighted by atomic mass is 16.3. The van der Waals surface area contributed by atoms with E-state index in [1.54, 1.807) is 36.4 Å². The molecule has 2 rings (SSSR count). The molecule has 0 fully saturated rings. The van der Waals surface area contributed by atoms with Gasteiger partial charge in [-0.05, 0) is 52.8 Å². The Morgan fingerprint density at radius 1 is 0.926 bits per heavy atom. The van der Waals surface area contributed by atoms with Crippen molar-refractivity contribution in [3.63, 3.8) is 0 Å². The molecule has 0 spiro atoms. The van der Waals surface area contributed by atoms with Crippen molar-refractivity contribution in [2.45, 2.75) is 52.4 Å². The van der Waals surface area contributed by atoms with Gasteiger partial charge in [-0.1, -0.05) is 41.5 Å². The molecule has 0 saturated heterocycles. The lowest BCUT2D eigenvalue weighted by Gasteiger charge is -2.28. The highest BCUT2D eigenvalue weighted by molar-refractivity contribution is 5.95. The average molecular weight is 368 g/mol. The molecule has 0 radical (unpaired) electrons. The summed E-state index contributed by atoms with van der Waals surface area (Å²) in [6.07, 6.45) is 1.51. The van der Waals surface area contributed by atoms with Crippen LogP contribution in [0.25, 0.3) is 0 Å². The molecule has 2 aromatic carbocycles. The van der Waals surface area contributed by atoms with Gasteiger partial charge >= 0.3 is 0 Å². The van der Waals surface area contributed by atoms with Crippen LogP contribution in [0.4, 0.5) is 0 Å². The number of hydrogen-bond donors (Lipinski definition) is 3. The molecule has 27 heavy (non-hydrogen) atoms. The summed E-state index contributed by atoms with van der Waals surface area (Å²) in [5.74, 6) is 0.0601. The number of aromatic hydroxyl groups is 2. The molecular formula is C22H28N2O3. The van der Waals surface area contributed by atoms with Crippen LogP contribution in [0.3, 0.4) is 0 Å². The van der Waals surface area contributed by atoms with Crippen LogP contribution in [0, 0.1) is 0 Å². The van der Waals surface area contributed by atoms with Crippen molar-refractivity contribution in [1.82, 2.24) is 5.43 Å². The van der Waals surface area contributed by atoms with Crippen molar-refractivity contribution >= 4 is 12.1 Å². The van der Waals surface area contributed by atoms with Crippen molar-refractivity contribution in [2.75, 3.05) is 0 Å². The molecule has 0 unspecified atom stereocenters. The summed E-state index contributed by atoms with van der Waals surface area (Å²) in [5.41, 5.74) is 4.56. The molecule has 0 aliphatic carbocycles. The summed E-state index contributed by atoms with van der Waals surface area (Å²) in [7, 11) is 0. The number of nitrogens with zero attached hydrogens (tertiary/aromatic N) is 1. The maximum atomic E-state index is 12.6. The van der Waals surface area contributed by atoms with Crippen LogP contribution in [-0.2, 0) is 10.8 Å². The summed E-state index contributed by atoms with van der Waals surface area (Å²) < 4.78 is 0. The van der Waals surface area contributed by atoms with E-state index in [1.165, 1.54) is 6.21 Å². The second-order valence-electron chi connectivity index (χ2n) is 8.71. The minimum absolute atomic E-state index is 0.171. The lowest BCUT2D eigenvalue weighted by Crippen LogP contribution is -2.22. The van der Waals surface area contributed by atoms with Crippen LogP contribution >= 0.6 is 0 Å². The monoisotopic (exact) mass is 368 g/mol. The smallest absolute Gasteiger partial charge is 0.271 e. The van der Waals surface area contributed by atoms with Gasteiger partial charge in [0.05, 0.1) is 6.21 Å². The summed E-state index contributed by atoms with van der Waals surface area (Å²) in [6.45, 7) is 12.0. The topological polar surface area (TPSA) is 81.9 Å². The van der Waals surface area contributed by atoms with E-state index in [4.69, 9.17) is 0 Å². The molecule has 144 valence electrons. The summed E-state index contributed by atoms with van der Waals surface area (Å²) >= 11 is 0. The second-order valence-corrected chi connectivity index (χ2v) is 8.71. The predicted molar refractivity (Wildman–Crippen MR) is 109 cm³/mol. The zero-order valence-electron chi connectivity index (χ0n) is 16.8. The summed E-state index contributed by atoms with van der Waals surface area (Å²) in [5, 5.41) is 24.0. The lowest BCUT2D eigenvalue weighted by atomic mass is 9.78. The van der Waals surface area contributed by atoms with Crippen molar-refractivity contribution < 1.29 is 15.0 Å². The number of rotatable bonds is 3. The minimum Gasteiger partial charge on any atom is -0.508 e. The fraction of sp³-hybridized carbons (Fsp3) is 0.364. The zero-order valence-corrected chi connectivity index (χ0v) is 16.8. The Morgan fingerprint density at radius 3 is 1.85 bits per heavy atom. The van der Waals surface area contributed by atoms with Gasteiger partial charge in [0.1, 0.15) is 11.5 Å². The summed E-state index contributed by atoms with van der Waals surface area (Å²) in [4.78, 5) is 12.6. The third-order valence-electron chi connectivity index (χ3n) is 4.26. The molecule has 5 heteroatoms. The van der Waals surface area contributed by atoms with Crippen LogP contribution in [0.1, 0.15) is 68.6 Å². The number of carbonyl (C=O) groups is 1. The van der Waals surface area contributed by atoms with Gasteiger partial charge in [0.2, 0.25) is 0 Å². The van der Waals surface area contributed by atoms with Crippen molar-refractivity contribution in [2.24, 2.45) is 5.10 Å². The van der Waals surface area contributed by atoms with Crippen LogP contribution in [0.15, 0.2) is 41.5 Å². The Labute approximate surface area is 160 Å². The molecule has 0 aliphatic rings. The SMILES string of the molecule is CC(C)(C)c1cc(C(=O)NN=Cc2ccc(O)cc2)cc(C(C)(C)C)c1O. The third kappa shape index (κ3) is 5.09. The fourth-order valence-electron chi connectivity index (χ4n) is 2.70. The lowest BCUT2D eigenvalue weighted by molar-refractivity contribution is 0.0955. The Bertz CT molecular complexity index is 820. The Kier molecular flexibility index (Phi) is 5.64. The zero-order chi connectivity index (χ0) is 20.4. The van der Waals surface area contributed by atoms with E-state index in [2.05, 4.69) is 10.5 Å². The molecule has 0 aromatic heterocycles. The first-order chi connectivity index (χ1) is 12.4. The van der Waals surface area contributed by atoms with E-state index in [0.29, 0.717) is 5.56 Å². The number of phenolic OH excluding ortho intramolecular Hbond substituents is 2. The predicted octanol–water partition coefficient (Wildman–Crippen LogP) is 4.46. The molecule has 1 amide bonds. The molecule has 5 nitrogen and oxygen atoms in total. The van der Waals surface area contributed by atoms with Gasteiger partial charge in [-0.3, -0.25) is 4.79 Å². The number of carbonyl (C=O) groups excluding carboxylic acids is 1. The number of hydrogen-bond acceptors (Lipinski definition) is 4. The standard InChI is InChI=1S/C22H28N2O3/c1-21(2,3)17-11-15(12-18(19(17)26)22(4,5)6)20(27)24-23-13-14-7-9-16(25)10-8-14/h7-13,25-26H,1-6H3,(H,24,27). The molecule has 0 aliphatic heterocycles. The number of benzene rings is 2. The molecule has 0 bridgehead atoms. The largest absolute Gasteiger partial charge is 0.508 e. The first-order valence-electron chi connectivity index (χ1n) is 8.90. The van der Waals surface area contributed by atoms with Crippen molar-refractivity contribution in [3.8, 4) is 11.5 Å². The Morgan fingerprint density at radius 2 is 1.41 bits per heavy atom. The fourth-order valence-corrected chi connectivity index (χ4v) is 2.70. The van der Waals surface area contributed by atoms with Crippen LogP contribution in [0.5, 0.6) is 11.5 Å². The Hall–Kier alpha value is -2.82. The first kappa shape index (κ1) is 20.5. The van der Waals surface area contributed by atoms with Gasteiger partial charge in [0, 0.05) is 16.7 Å². The number of phenols is 2. The van der Waals surface area contributed by atoms with Gasteiger partial charge in [0.25, 0.3) is 5.91 Å². The highest BCUT2D eigenvalue weighted by Crippen LogP contribution is 2.39. The van der Waals surface area contributed by atoms with Gasteiger partial charge in [0.15, 0.2) is 0 Å². The second kappa shape index (κ2) is 7.43. The number of nitrogens with one attached hydrogen (secondary N) is 1. The normalized spacial score (nSPS) is 12.4. The number of amides is 1. The van der Waals surface area contributed by atoms with Gasteiger partial charge in [-0.25, -0.2) is 5.43 Å².